The van der Waals surface area contributed by atoms with Crippen LogP contribution < -0.4 is 11.1 Å². The Morgan fingerprint density at radius 1 is 1.07 bits per heavy atom. The number of thiophene rings is 1. The molecule has 1 amide bonds. The second-order valence-electron chi connectivity index (χ2n) is 6.42. The molecule has 2 aromatic carbocycles. The van der Waals surface area contributed by atoms with Crippen LogP contribution in [0.5, 0.6) is 5.75 Å². The van der Waals surface area contributed by atoms with Gasteiger partial charge in [-0.2, -0.15) is 5.26 Å². The van der Waals surface area contributed by atoms with Gasteiger partial charge in [0.15, 0.2) is 5.82 Å². The second kappa shape index (κ2) is 8.07. The number of aromatic hydroxyl groups is 1. The maximum absolute atomic E-state index is 12.6. The number of pyridine rings is 1. The summed E-state index contributed by atoms with van der Waals surface area (Å²) in [6.45, 7) is 0. The molecule has 0 aliphatic carbocycles. The molecule has 2 aromatic heterocycles. The fourth-order valence-electron chi connectivity index (χ4n) is 3.07. The van der Waals surface area contributed by atoms with E-state index in [2.05, 4.69) is 16.4 Å². The summed E-state index contributed by atoms with van der Waals surface area (Å²) in [5.74, 6) is -0.240. The number of carbonyl (C=O) groups excluding carboxylic acids is 1. The van der Waals surface area contributed by atoms with Crippen molar-refractivity contribution < 1.29 is 9.90 Å². The number of hydrogen-bond donors (Lipinski definition) is 2. The fourth-order valence-corrected chi connectivity index (χ4v) is 3.69. The van der Waals surface area contributed by atoms with Gasteiger partial charge in [-0.25, -0.2) is 4.98 Å². The van der Waals surface area contributed by atoms with Crippen LogP contribution in [0.2, 0.25) is 0 Å². The van der Waals surface area contributed by atoms with Gasteiger partial charge in [-0.05, 0) is 47.3 Å². The van der Waals surface area contributed by atoms with E-state index in [1.807, 2.05) is 0 Å². The van der Waals surface area contributed by atoms with E-state index in [1.165, 1.54) is 11.3 Å². The molecule has 6 nitrogen and oxygen atoms in total. The second-order valence-corrected chi connectivity index (χ2v) is 7.37. The van der Waals surface area contributed by atoms with Crippen molar-refractivity contribution in [2.75, 3.05) is 5.32 Å². The van der Waals surface area contributed by atoms with Crippen LogP contribution in [0.4, 0.5) is 11.5 Å². The Morgan fingerprint density at radius 2 is 1.90 bits per heavy atom. The zero-order valence-electron chi connectivity index (χ0n) is 15.6. The molecule has 0 aliphatic rings. The lowest BCUT2D eigenvalue weighted by atomic mass is 9.97. The van der Waals surface area contributed by atoms with Gasteiger partial charge in [0.1, 0.15) is 17.4 Å². The first-order chi connectivity index (χ1) is 14.6. The van der Waals surface area contributed by atoms with E-state index in [4.69, 9.17) is 5.73 Å². The van der Waals surface area contributed by atoms with Crippen molar-refractivity contribution in [2.24, 2.45) is 0 Å². The first kappa shape index (κ1) is 19.2. The topological polar surface area (TPSA) is 110 Å². The summed E-state index contributed by atoms with van der Waals surface area (Å²) >= 11 is 1.28. The number of aromatic nitrogens is 1. The molecule has 30 heavy (non-hydrogen) atoms. The van der Waals surface area contributed by atoms with Gasteiger partial charge in [-0.3, -0.25) is 4.79 Å². The number of phenolic OH excluding ortho intramolecular Hbond substituents is 1. The molecule has 0 fully saturated rings. The van der Waals surface area contributed by atoms with Crippen molar-refractivity contribution >= 4 is 28.7 Å². The van der Waals surface area contributed by atoms with Crippen LogP contribution >= 0.6 is 11.3 Å². The maximum atomic E-state index is 12.6. The van der Waals surface area contributed by atoms with Gasteiger partial charge in [-0.1, -0.05) is 30.3 Å². The van der Waals surface area contributed by atoms with E-state index < -0.39 is 0 Å². The first-order valence-corrected chi connectivity index (χ1v) is 9.85. The van der Waals surface area contributed by atoms with E-state index in [0.717, 1.165) is 0 Å². The Morgan fingerprint density at radius 3 is 2.60 bits per heavy atom. The minimum atomic E-state index is -0.372. The molecule has 4 aromatic rings. The van der Waals surface area contributed by atoms with Crippen LogP contribution in [0.25, 0.3) is 22.4 Å². The van der Waals surface area contributed by atoms with Gasteiger partial charge in [-0.15, -0.1) is 11.3 Å². The standard InChI is InChI=1S/C23H15N4O2S/c24-13-18-17(14-5-3-6-15(25)11-14)12-19(16-7-1-2-8-20(16)28)26-22(18)27-23(29)21-9-4-10-30-21/h1-12,25,28H,(H,26,27,29). The summed E-state index contributed by atoms with van der Waals surface area (Å²) in [6, 6.07) is 20.8. The molecule has 0 saturated heterocycles. The molecule has 0 unspecified atom stereocenters. The Hall–Kier alpha value is -4.15. The summed E-state index contributed by atoms with van der Waals surface area (Å²) in [6.07, 6.45) is 0. The summed E-state index contributed by atoms with van der Waals surface area (Å²) < 4.78 is 0. The predicted octanol–water partition coefficient (Wildman–Crippen LogP) is 5.22. The molecule has 0 aliphatic heterocycles. The highest BCUT2D eigenvalue weighted by Crippen LogP contribution is 2.36. The van der Waals surface area contributed by atoms with Gasteiger partial charge in [0.25, 0.3) is 5.91 Å². The minimum Gasteiger partial charge on any atom is -0.507 e. The lowest BCUT2D eigenvalue weighted by molar-refractivity contribution is 0.103. The fraction of sp³-hybridized carbons (Fsp3) is 0. The molecular formula is C23H15N4O2S. The molecule has 2 heterocycles. The van der Waals surface area contributed by atoms with Gasteiger partial charge in [0, 0.05) is 11.1 Å². The molecule has 0 bridgehead atoms. The van der Waals surface area contributed by atoms with Gasteiger partial charge >= 0.3 is 0 Å². The number of nitrogens with zero attached hydrogens (tertiary/aromatic N) is 2. The number of benzene rings is 2. The van der Waals surface area contributed by atoms with Gasteiger partial charge in [0.05, 0.1) is 16.3 Å². The van der Waals surface area contributed by atoms with E-state index in [-0.39, 0.29) is 23.0 Å². The predicted molar refractivity (Wildman–Crippen MR) is 117 cm³/mol. The third-order valence-corrected chi connectivity index (χ3v) is 5.33. The Kier molecular flexibility index (Phi) is 5.16. The summed E-state index contributed by atoms with van der Waals surface area (Å²) in [5.41, 5.74) is 10.4. The molecule has 0 saturated carbocycles. The van der Waals surface area contributed by atoms with Crippen LogP contribution in [0, 0.1) is 11.3 Å². The van der Waals surface area contributed by atoms with Crippen LogP contribution in [0.3, 0.4) is 0 Å². The zero-order valence-corrected chi connectivity index (χ0v) is 16.4. The van der Waals surface area contributed by atoms with Crippen LogP contribution in [-0.2, 0) is 0 Å². The summed E-state index contributed by atoms with van der Waals surface area (Å²) in [5, 5.41) is 24.7. The van der Waals surface area contributed by atoms with Crippen molar-refractivity contribution in [3.63, 3.8) is 0 Å². The lowest BCUT2D eigenvalue weighted by Gasteiger charge is -2.14. The Labute approximate surface area is 176 Å². The molecular weight excluding hydrogens is 396 g/mol. The number of carbonyl (C=O) groups is 1. The molecule has 145 valence electrons. The number of amides is 1. The number of phenols is 1. The minimum absolute atomic E-state index is 0.0328. The van der Waals surface area contributed by atoms with Crippen LogP contribution in [0.15, 0.2) is 72.1 Å². The highest BCUT2D eigenvalue weighted by Gasteiger charge is 2.19. The largest absolute Gasteiger partial charge is 0.507 e. The van der Waals surface area contributed by atoms with Crippen molar-refractivity contribution in [2.45, 2.75) is 0 Å². The van der Waals surface area contributed by atoms with Crippen molar-refractivity contribution in [1.29, 1.82) is 5.26 Å². The van der Waals surface area contributed by atoms with Crippen LogP contribution in [0.1, 0.15) is 15.2 Å². The quantitative estimate of drug-likeness (QED) is 0.479. The molecule has 4 rings (SSSR count). The molecule has 1 radical (unpaired) electrons. The number of para-hydroxylation sites is 1. The van der Waals surface area contributed by atoms with E-state index in [9.17, 15) is 15.2 Å². The average molecular weight is 411 g/mol. The van der Waals surface area contributed by atoms with Crippen molar-refractivity contribution in [3.8, 4) is 34.2 Å². The number of nitriles is 1. The highest BCUT2D eigenvalue weighted by atomic mass is 32.1. The summed E-state index contributed by atoms with van der Waals surface area (Å²) in [7, 11) is 0. The average Bonchev–Trinajstić information content (AvgIpc) is 3.29. The van der Waals surface area contributed by atoms with E-state index >= 15 is 0 Å². The monoisotopic (exact) mass is 411 g/mol. The number of hydrogen-bond acceptors (Lipinski definition) is 5. The number of nitrogens with one attached hydrogen (secondary N) is 2. The smallest absolute Gasteiger partial charge is 0.266 e. The Bertz CT molecular complexity index is 1280. The third kappa shape index (κ3) is 3.72. The molecule has 7 heteroatoms. The molecule has 0 atom stereocenters. The lowest BCUT2D eigenvalue weighted by Crippen LogP contribution is -2.13. The van der Waals surface area contributed by atoms with Gasteiger partial charge in [0.2, 0.25) is 0 Å². The van der Waals surface area contributed by atoms with Crippen LogP contribution in [-0.4, -0.2) is 16.0 Å². The van der Waals surface area contributed by atoms with E-state index in [1.54, 1.807) is 72.1 Å². The third-order valence-electron chi connectivity index (χ3n) is 4.46. The SMILES string of the molecule is N#Cc1c(-c2cccc([NH])c2)cc(-c2ccccc2O)nc1NC(=O)c1cccs1. The van der Waals surface area contributed by atoms with E-state index in [0.29, 0.717) is 32.9 Å². The molecule has 0 spiro atoms. The maximum Gasteiger partial charge on any atom is 0.266 e. The highest BCUT2D eigenvalue weighted by molar-refractivity contribution is 7.12. The van der Waals surface area contributed by atoms with Crippen molar-refractivity contribution in [3.05, 3.63) is 82.6 Å². The summed E-state index contributed by atoms with van der Waals surface area (Å²) in [4.78, 5) is 17.6. The van der Waals surface area contributed by atoms with Gasteiger partial charge < -0.3 is 16.2 Å². The first-order valence-electron chi connectivity index (χ1n) is 8.97. The normalized spacial score (nSPS) is 10.4. The number of anilines is 1. The zero-order chi connectivity index (χ0) is 21.1. The van der Waals surface area contributed by atoms with Crippen molar-refractivity contribution in [1.82, 2.24) is 10.7 Å². The number of rotatable bonds is 4. The molecule has 3 N–H and O–H groups in total. The Balaban J connectivity index is 1.92.